The number of aliphatic hydroxyl groups excluding tert-OH is 1. The number of halogens is 1. The van der Waals surface area contributed by atoms with E-state index in [2.05, 4.69) is 0 Å². The molecule has 1 aliphatic rings. The molecule has 0 saturated heterocycles. The van der Waals surface area contributed by atoms with Crippen LogP contribution < -0.4 is 0 Å². The molecule has 0 unspecified atom stereocenters. The SMILES string of the molecule is C[C@@H]1CN([C@@H](C)CO)C(=O)c2c(c3ccccc3n2C)-c2ccccc2CO[C@@H]1CN(C)C(=O)c1ccc(F)cc1. The highest BCUT2D eigenvalue weighted by Crippen LogP contribution is 2.38. The second-order valence-corrected chi connectivity index (χ2v) is 11.0. The molecule has 1 aliphatic heterocycles. The van der Waals surface area contributed by atoms with Gasteiger partial charge in [-0.05, 0) is 48.4 Å². The number of hydrogen-bond donors (Lipinski definition) is 1. The third kappa shape index (κ3) is 5.49. The predicted octanol–water partition coefficient (Wildman–Crippen LogP) is 5.11. The topological polar surface area (TPSA) is 75.0 Å². The Balaban J connectivity index is 1.58. The Kier molecular flexibility index (Phi) is 8.24. The fourth-order valence-corrected chi connectivity index (χ4v) is 5.69. The first-order chi connectivity index (χ1) is 19.7. The lowest BCUT2D eigenvalue weighted by Gasteiger charge is -2.35. The van der Waals surface area contributed by atoms with Crippen LogP contribution in [-0.4, -0.2) is 70.2 Å². The van der Waals surface area contributed by atoms with Crippen LogP contribution in [-0.2, 0) is 18.4 Å². The Morgan fingerprint density at radius 3 is 2.51 bits per heavy atom. The molecule has 3 atom stereocenters. The van der Waals surface area contributed by atoms with Crippen molar-refractivity contribution < 1.29 is 23.8 Å². The van der Waals surface area contributed by atoms with E-state index >= 15 is 0 Å². The van der Waals surface area contributed by atoms with Gasteiger partial charge in [0.2, 0.25) is 0 Å². The maximum absolute atomic E-state index is 14.4. The summed E-state index contributed by atoms with van der Waals surface area (Å²) in [6.07, 6.45) is -0.420. The summed E-state index contributed by atoms with van der Waals surface area (Å²) in [5.41, 5.74) is 4.59. The quantitative estimate of drug-likeness (QED) is 0.370. The summed E-state index contributed by atoms with van der Waals surface area (Å²) in [5.74, 6) is -0.996. The Hall–Kier alpha value is -4.01. The minimum Gasteiger partial charge on any atom is -0.394 e. The number of aromatic nitrogens is 1. The zero-order valence-corrected chi connectivity index (χ0v) is 23.9. The summed E-state index contributed by atoms with van der Waals surface area (Å²) in [5, 5.41) is 11.1. The molecule has 7 nitrogen and oxygen atoms in total. The van der Waals surface area contributed by atoms with Crippen LogP contribution in [0.4, 0.5) is 4.39 Å². The van der Waals surface area contributed by atoms with Gasteiger partial charge in [-0.25, -0.2) is 4.39 Å². The molecule has 2 amide bonds. The number of aryl methyl sites for hydroxylation is 1. The van der Waals surface area contributed by atoms with Gasteiger partial charge < -0.3 is 24.2 Å². The standard InChI is InChI=1S/C33H36FN3O4/c1-21-17-37(22(2)19-38)33(40)31-30(27-11-7-8-12-28(27)36(31)4)26-10-6-5-9-24(26)20-41-29(21)18-35(3)32(39)23-13-15-25(34)16-14-23/h5-16,21-22,29,38H,17-20H2,1-4H3/t21-,22+,29-/m1/s1. The van der Waals surface area contributed by atoms with E-state index in [1.54, 1.807) is 16.8 Å². The second-order valence-electron chi connectivity index (χ2n) is 11.0. The Labute approximate surface area is 239 Å². The summed E-state index contributed by atoms with van der Waals surface area (Å²) in [6, 6.07) is 20.9. The Morgan fingerprint density at radius 2 is 1.78 bits per heavy atom. The summed E-state index contributed by atoms with van der Waals surface area (Å²) in [6.45, 7) is 4.52. The zero-order chi connectivity index (χ0) is 29.3. The molecule has 0 radical (unpaired) electrons. The fourth-order valence-electron chi connectivity index (χ4n) is 5.69. The van der Waals surface area contributed by atoms with Crippen molar-refractivity contribution >= 4 is 22.7 Å². The minimum atomic E-state index is -0.439. The van der Waals surface area contributed by atoms with E-state index in [4.69, 9.17) is 4.74 Å². The van der Waals surface area contributed by atoms with Gasteiger partial charge in [0.05, 0.1) is 25.4 Å². The van der Waals surface area contributed by atoms with Crippen LogP contribution in [0.25, 0.3) is 22.0 Å². The Bertz CT molecular complexity index is 1560. The minimum absolute atomic E-state index is 0.168. The molecule has 1 N–H and O–H groups in total. The molecule has 41 heavy (non-hydrogen) atoms. The van der Waals surface area contributed by atoms with Gasteiger partial charge in [-0.3, -0.25) is 9.59 Å². The van der Waals surface area contributed by atoms with Gasteiger partial charge in [0, 0.05) is 55.1 Å². The summed E-state index contributed by atoms with van der Waals surface area (Å²) in [7, 11) is 3.60. The number of rotatable bonds is 5. The predicted molar refractivity (Wildman–Crippen MR) is 157 cm³/mol. The number of para-hydroxylation sites is 1. The van der Waals surface area contributed by atoms with E-state index in [0.29, 0.717) is 17.8 Å². The average molecular weight is 558 g/mol. The number of likely N-dealkylation sites (N-methyl/N-ethyl adjacent to an activating group) is 1. The van der Waals surface area contributed by atoms with Crippen molar-refractivity contribution in [2.24, 2.45) is 13.0 Å². The van der Waals surface area contributed by atoms with E-state index in [9.17, 15) is 19.1 Å². The molecule has 8 heteroatoms. The Morgan fingerprint density at radius 1 is 1.10 bits per heavy atom. The van der Waals surface area contributed by atoms with E-state index in [0.717, 1.165) is 27.6 Å². The monoisotopic (exact) mass is 557 g/mol. The van der Waals surface area contributed by atoms with E-state index in [-0.39, 0.29) is 37.5 Å². The molecule has 0 bridgehead atoms. The smallest absolute Gasteiger partial charge is 0.271 e. The first-order valence-corrected chi connectivity index (χ1v) is 13.9. The maximum Gasteiger partial charge on any atom is 0.271 e. The lowest BCUT2D eigenvalue weighted by Crippen LogP contribution is -2.48. The van der Waals surface area contributed by atoms with Gasteiger partial charge in [-0.2, -0.15) is 0 Å². The molecular formula is C33H36FN3O4. The fraction of sp³-hybridized carbons (Fsp3) is 0.333. The van der Waals surface area contributed by atoms with Crippen LogP contribution in [0.2, 0.25) is 0 Å². The van der Waals surface area contributed by atoms with Crippen LogP contribution in [0.15, 0.2) is 72.8 Å². The van der Waals surface area contributed by atoms with Gasteiger partial charge in [0.15, 0.2) is 0 Å². The number of fused-ring (bicyclic) bond motifs is 5. The number of nitrogens with zero attached hydrogens (tertiary/aromatic N) is 3. The largest absolute Gasteiger partial charge is 0.394 e. The van der Waals surface area contributed by atoms with E-state index in [1.165, 1.54) is 24.3 Å². The lowest BCUT2D eigenvalue weighted by molar-refractivity contribution is -0.0210. The van der Waals surface area contributed by atoms with Gasteiger partial charge in [-0.15, -0.1) is 0 Å². The highest BCUT2D eigenvalue weighted by atomic mass is 19.1. The van der Waals surface area contributed by atoms with Crippen molar-refractivity contribution in [1.29, 1.82) is 0 Å². The maximum atomic E-state index is 14.4. The molecule has 4 aromatic rings. The van der Waals surface area contributed by atoms with Crippen molar-refractivity contribution in [2.75, 3.05) is 26.7 Å². The van der Waals surface area contributed by atoms with Gasteiger partial charge >= 0.3 is 0 Å². The zero-order valence-electron chi connectivity index (χ0n) is 23.9. The first kappa shape index (κ1) is 28.5. The van der Waals surface area contributed by atoms with Gasteiger partial charge in [0.25, 0.3) is 11.8 Å². The van der Waals surface area contributed by atoms with Crippen LogP contribution in [0.3, 0.4) is 0 Å². The molecule has 214 valence electrons. The molecular weight excluding hydrogens is 521 g/mol. The molecule has 0 spiro atoms. The molecule has 0 aliphatic carbocycles. The van der Waals surface area contributed by atoms with Crippen LogP contribution in [0, 0.1) is 11.7 Å². The van der Waals surface area contributed by atoms with E-state index < -0.39 is 18.0 Å². The highest BCUT2D eigenvalue weighted by molar-refractivity contribution is 6.10. The van der Waals surface area contributed by atoms with Crippen molar-refractivity contribution in [1.82, 2.24) is 14.4 Å². The van der Waals surface area contributed by atoms with Crippen LogP contribution >= 0.6 is 0 Å². The number of aliphatic hydroxyl groups is 1. The summed E-state index contributed by atoms with van der Waals surface area (Å²) in [4.78, 5) is 30.9. The molecule has 2 heterocycles. The number of carbonyl (C=O) groups excluding carboxylic acids is 2. The van der Waals surface area contributed by atoms with Gasteiger partial charge in [-0.1, -0.05) is 49.4 Å². The average Bonchev–Trinajstić information content (AvgIpc) is 3.28. The molecule has 1 aromatic heterocycles. The van der Waals surface area contributed by atoms with Crippen molar-refractivity contribution in [2.45, 2.75) is 32.6 Å². The summed E-state index contributed by atoms with van der Waals surface area (Å²) < 4.78 is 21.9. The number of amides is 2. The molecule has 5 rings (SSSR count). The van der Waals surface area contributed by atoms with Crippen molar-refractivity contribution in [3.63, 3.8) is 0 Å². The molecule has 3 aromatic carbocycles. The third-order valence-corrected chi connectivity index (χ3v) is 8.12. The number of hydrogen-bond acceptors (Lipinski definition) is 4. The number of ether oxygens (including phenoxy) is 1. The van der Waals surface area contributed by atoms with Crippen molar-refractivity contribution in [3.8, 4) is 11.1 Å². The highest BCUT2D eigenvalue weighted by Gasteiger charge is 2.34. The molecule has 0 saturated carbocycles. The second kappa shape index (κ2) is 11.8. The normalized spacial score (nSPS) is 18.4. The van der Waals surface area contributed by atoms with E-state index in [1.807, 2.05) is 74.0 Å². The van der Waals surface area contributed by atoms with Gasteiger partial charge in [0.1, 0.15) is 11.5 Å². The summed E-state index contributed by atoms with van der Waals surface area (Å²) >= 11 is 0. The molecule has 0 fully saturated rings. The first-order valence-electron chi connectivity index (χ1n) is 13.9. The van der Waals surface area contributed by atoms with Crippen LogP contribution in [0.5, 0.6) is 0 Å². The number of benzene rings is 3. The third-order valence-electron chi connectivity index (χ3n) is 8.12. The van der Waals surface area contributed by atoms with Crippen LogP contribution in [0.1, 0.15) is 40.3 Å². The number of carbonyl (C=O) groups is 2. The lowest BCUT2D eigenvalue weighted by atomic mass is 9.96. The van der Waals surface area contributed by atoms with Crippen molar-refractivity contribution in [3.05, 3.63) is 95.4 Å².